The van der Waals surface area contributed by atoms with Crippen LogP contribution >= 0.6 is 0 Å². The molecule has 0 saturated heterocycles. The van der Waals surface area contributed by atoms with Crippen LogP contribution in [-0.2, 0) is 4.74 Å². The van der Waals surface area contributed by atoms with Crippen LogP contribution in [0.3, 0.4) is 0 Å². The van der Waals surface area contributed by atoms with Gasteiger partial charge in [-0.15, -0.1) is 6.58 Å². The molecule has 0 aromatic heterocycles. The van der Waals surface area contributed by atoms with Crippen molar-refractivity contribution in [2.45, 2.75) is 6.92 Å². The van der Waals surface area contributed by atoms with Crippen molar-refractivity contribution >= 4 is 0 Å². The van der Waals surface area contributed by atoms with Crippen molar-refractivity contribution in [3.8, 4) is 0 Å². The fourth-order valence-corrected chi connectivity index (χ4v) is 0.201. The summed E-state index contributed by atoms with van der Waals surface area (Å²) in [6, 6.07) is 0. The summed E-state index contributed by atoms with van der Waals surface area (Å²) >= 11 is 0. The summed E-state index contributed by atoms with van der Waals surface area (Å²) in [5.41, 5.74) is 0. The molecular formula is C5H13NO. The SMILES string of the molecule is C=CCOCC.N. The first kappa shape index (κ1) is 9.83. The van der Waals surface area contributed by atoms with Crippen LogP contribution in [0.15, 0.2) is 12.7 Å². The molecule has 0 aliphatic heterocycles. The lowest BCUT2D eigenvalue weighted by molar-refractivity contribution is 0.178. The van der Waals surface area contributed by atoms with Gasteiger partial charge in [-0.2, -0.15) is 0 Å². The van der Waals surface area contributed by atoms with Crippen LogP contribution in [0.2, 0.25) is 0 Å². The topological polar surface area (TPSA) is 44.2 Å². The zero-order chi connectivity index (χ0) is 4.83. The van der Waals surface area contributed by atoms with Gasteiger partial charge in [-0.1, -0.05) is 6.08 Å². The highest BCUT2D eigenvalue weighted by Gasteiger charge is 1.67. The molecule has 0 unspecified atom stereocenters. The molecule has 0 saturated carbocycles. The van der Waals surface area contributed by atoms with E-state index in [1.165, 1.54) is 0 Å². The molecule has 0 aliphatic rings. The average Bonchev–Trinajstić information content (AvgIpc) is 1.61. The van der Waals surface area contributed by atoms with E-state index in [2.05, 4.69) is 6.58 Å². The Kier molecular flexibility index (Phi) is 12.9. The number of hydrogen-bond acceptors (Lipinski definition) is 2. The third-order valence-corrected chi connectivity index (χ3v) is 0.440. The molecule has 3 N–H and O–H groups in total. The molecule has 0 heterocycles. The minimum atomic E-state index is 0. The Morgan fingerprint density at radius 3 is 2.43 bits per heavy atom. The number of rotatable bonds is 3. The first-order chi connectivity index (χ1) is 2.91. The van der Waals surface area contributed by atoms with Gasteiger partial charge < -0.3 is 10.9 Å². The predicted octanol–water partition coefficient (Wildman–Crippen LogP) is 1.37. The van der Waals surface area contributed by atoms with E-state index >= 15 is 0 Å². The van der Waals surface area contributed by atoms with E-state index in [-0.39, 0.29) is 6.15 Å². The standard InChI is InChI=1S/C5H10O.H3N/c1-3-5-6-4-2;/h3H,1,4-5H2,2H3;1H3. The molecular weight excluding hydrogens is 90.1 g/mol. The van der Waals surface area contributed by atoms with Crippen molar-refractivity contribution in [2.24, 2.45) is 0 Å². The monoisotopic (exact) mass is 103 g/mol. The largest absolute Gasteiger partial charge is 0.378 e. The molecule has 44 valence electrons. The highest BCUT2D eigenvalue weighted by atomic mass is 16.5. The van der Waals surface area contributed by atoms with Gasteiger partial charge in [0.15, 0.2) is 0 Å². The summed E-state index contributed by atoms with van der Waals surface area (Å²) < 4.78 is 4.86. The third-order valence-electron chi connectivity index (χ3n) is 0.440. The summed E-state index contributed by atoms with van der Waals surface area (Å²) in [7, 11) is 0. The lowest BCUT2D eigenvalue weighted by atomic mass is 10.7. The Balaban J connectivity index is 0. The smallest absolute Gasteiger partial charge is 0.0644 e. The van der Waals surface area contributed by atoms with Crippen molar-refractivity contribution in [1.29, 1.82) is 0 Å². The fourth-order valence-electron chi connectivity index (χ4n) is 0.201. The predicted molar refractivity (Wildman–Crippen MR) is 31.7 cm³/mol. The van der Waals surface area contributed by atoms with Crippen LogP contribution in [0.5, 0.6) is 0 Å². The van der Waals surface area contributed by atoms with E-state index < -0.39 is 0 Å². The van der Waals surface area contributed by atoms with Gasteiger partial charge in [-0.3, -0.25) is 0 Å². The summed E-state index contributed by atoms with van der Waals surface area (Å²) in [6.45, 7) is 6.90. The molecule has 0 amide bonds. The van der Waals surface area contributed by atoms with Gasteiger partial charge in [0.05, 0.1) is 6.61 Å². The summed E-state index contributed by atoms with van der Waals surface area (Å²) in [6.07, 6.45) is 1.74. The van der Waals surface area contributed by atoms with E-state index in [4.69, 9.17) is 4.74 Å². The van der Waals surface area contributed by atoms with E-state index in [9.17, 15) is 0 Å². The van der Waals surface area contributed by atoms with Crippen LogP contribution < -0.4 is 6.15 Å². The zero-order valence-corrected chi connectivity index (χ0v) is 4.81. The van der Waals surface area contributed by atoms with Crippen molar-refractivity contribution in [3.05, 3.63) is 12.7 Å². The molecule has 0 bridgehead atoms. The maximum atomic E-state index is 4.86. The second-order valence-corrected chi connectivity index (χ2v) is 0.948. The molecule has 0 aliphatic carbocycles. The van der Waals surface area contributed by atoms with Crippen LogP contribution in [0.1, 0.15) is 6.92 Å². The summed E-state index contributed by atoms with van der Waals surface area (Å²) in [5.74, 6) is 0. The lowest BCUT2D eigenvalue weighted by Gasteiger charge is -1.88. The Bertz CT molecular complexity index is 37.1. The van der Waals surface area contributed by atoms with Gasteiger partial charge in [-0.25, -0.2) is 0 Å². The second-order valence-electron chi connectivity index (χ2n) is 0.948. The minimum absolute atomic E-state index is 0. The first-order valence-electron chi connectivity index (χ1n) is 2.10. The molecule has 7 heavy (non-hydrogen) atoms. The molecule has 0 aromatic rings. The Morgan fingerprint density at radius 1 is 1.71 bits per heavy atom. The van der Waals surface area contributed by atoms with Crippen molar-refractivity contribution in [2.75, 3.05) is 13.2 Å². The van der Waals surface area contributed by atoms with Crippen LogP contribution in [0.25, 0.3) is 0 Å². The maximum absolute atomic E-state index is 4.86. The minimum Gasteiger partial charge on any atom is -0.378 e. The maximum Gasteiger partial charge on any atom is 0.0644 e. The quantitative estimate of drug-likeness (QED) is 0.433. The van der Waals surface area contributed by atoms with E-state index in [0.717, 1.165) is 6.61 Å². The number of ether oxygens (including phenoxy) is 1. The van der Waals surface area contributed by atoms with Crippen molar-refractivity contribution in [1.82, 2.24) is 6.15 Å². The van der Waals surface area contributed by atoms with E-state index in [1.807, 2.05) is 6.92 Å². The molecule has 0 aromatic carbocycles. The average molecular weight is 103 g/mol. The second kappa shape index (κ2) is 9.18. The molecule has 2 heteroatoms. The summed E-state index contributed by atoms with van der Waals surface area (Å²) in [5, 5.41) is 0. The molecule has 0 spiro atoms. The molecule has 0 rings (SSSR count). The lowest BCUT2D eigenvalue weighted by Crippen LogP contribution is -1.86. The molecule has 0 fully saturated rings. The summed E-state index contributed by atoms with van der Waals surface area (Å²) in [4.78, 5) is 0. The highest BCUT2D eigenvalue weighted by Crippen LogP contribution is 1.69. The Hall–Kier alpha value is -0.340. The highest BCUT2D eigenvalue weighted by molar-refractivity contribution is 4.62. The van der Waals surface area contributed by atoms with Crippen LogP contribution in [0.4, 0.5) is 0 Å². The van der Waals surface area contributed by atoms with Crippen LogP contribution in [-0.4, -0.2) is 13.2 Å². The third kappa shape index (κ3) is 10.7. The van der Waals surface area contributed by atoms with Gasteiger partial charge in [0.2, 0.25) is 0 Å². The van der Waals surface area contributed by atoms with Crippen molar-refractivity contribution < 1.29 is 4.74 Å². The molecule has 0 atom stereocenters. The number of hydrogen-bond donors (Lipinski definition) is 1. The van der Waals surface area contributed by atoms with Crippen molar-refractivity contribution in [3.63, 3.8) is 0 Å². The Morgan fingerprint density at radius 2 is 2.29 bits per heavy atom. The van der Waals surface area contributed by atoms with Crippen LogP contribution in [0, 0.1) is 0 Å². The van der Waals surface area contributed by atoms with Gasteiger partial charge in [0.1, 0.15) is 0 Å². The Labute approximate surface area is 44.8 Å². The van der Waals surface area contributed by atoms with Gasteiger partial charge in [0, 0.05) is 6.61 Å². The van der Waals surface area contributed by atoms with Gasteiger partial charge in [0.25, 0.3) is 0 Å². The van der Waals surface area contributed by atoms with E-state index in [0.29, 0.717) is 6.61 Å². The molecule has 0 radical (unpaired) electrons. The van der Waals surface area contributed by atoms with E-state index in [1.54, 1.807) is 6.08 Å². The first-order valence-corrected chi connectivity index (χ1v) is 2.10. The molecule has 2 nitrogen and oxygen atoms in total. The normalized spacial score (nSPS) is 7.00. The fraction of sp³-hybridized carbons (Fsp3) is 0.600. The van der Waals surface area contributed by atoms with Gasteiger partial charge in [-0.05, 0) is 6.92 Å². The zero-order valence-electron chi connectivity index (χ0n) is 4.81. The van der Waals surface area contributed by atoms with Gasteiger partial charge >= 0.3 is 0 Å².